The average molecular weight is 1060 g/mol. The van der Waals surface area contributed by atoms with Crippen molar-refractivity contribution in [3.63, 3.8) is 0 Å². The molecule has 0 heterocycles. The van der Waals surface area contributed by atoms with Crippen LogP contribution in [0.3, 0.4) is 0 Å². The second kappa shape index (κ2) is 63.9. The highest BCUT2D eigenvalue weighted by atomic mass is 16.6. The van der Waals surface area contributed by atoms with E-state index >= 15 is 0 Å². The Labute approximate surface area is 470 Å². The summed E-state index contributed by atoms with van der Waals surface area (Å²) in [4.78, 5) is 38.1. The smallest absolute Gasteiger partial charge is 0.306 e. The standard InChI is InChI=1S/C70H120O6/c1-4-7-10-13-16-19-22-24-25-26-27-28-29-30-31-32-33-34-35-36-37-38-39-40-41-42-43-44-45-47-48-51-54-57-60-63-69(72)75-66-67(65-74-68(71)62-59-56-53-50-21-18-15-12-9-6-3)76-70(73)64-61-58-55-52-49-46-23-20-17-14-11-8-5-2/h7,10-11,14,16,19-20,23-25,27-28,30-31,33-34,67H,4-6,8-9,12-13,15,17-18,21-22,26,29,32,35-66H2,1-3H3/b10-7-,14-11-,19-16-,23-20-,25-24-,28-27-,31-30-,34-33-. The second-order valence-electron chi connectivity index (χ2n) is 21.3. The van der Waals surface area contributed by atoms with Gasteiger partial charge in [-0.05, 0) is 96.3 Å². The zero-order chi connectivity index (χ0) is 55.0. The van der Waals surface area contributed by atoms with Crippen LogP contribution in [0.15, 0.2) is 97.2 Å². The molecule has 0 spiro atoms. The lowest BCUT2D eigenvalue weighted by Crippen LogP contribution is -2.30. The van der Waals surface area contributed by atoms with E-state index in [1.54, 1.807) is 0 Å². The third kappa shape index (κ3) is 61.2. The van der Waals surface area contributed by atoms with Gasteiger partial charge in [0.05, 0.1) is 0 Å². The Morgan fingerprint density at radius 3 is 0.855 bits per heavy atom. The van der Waals surface area contributed by atoms with Crippen LogP contribution in [0.25, 0.3) is 0 Å². The molecule has 0 rings (SSSR count). The van der Waals surface area contributed by atoms with Crippen molar-refractivity contribution in [3.05, 3.63) is 97.2 Å². The number of allylic oxidation sites excluding steroid dienone is 16. The predicted octanol–water partition coefficient (Wildman–Crippen LogP) is 22.0. The highest BCUT2D eigenvalue weighted by Gasteiger charge is 2.19. The Hall–Kier alpha value is -3.67. The Bertz CT molecular complexity index is 1490. The summed E-state index contributed by atoms with van der Waals surface area (Å²) in [6.07, 6.45) is 85.8. The lowest BCUT2D eigenvalue weighted by molar-refractivity contribution is -0.167. The van der Waals surface area contributed by atoms with Crippen LogP contribution >= 0.6 is 0 Å². The summed E-state index contributed by atoms with van der Waals surface area (Å²) in [5.41, 5.74) is 0. The molecule has 0 aromatic heterocycles. The monoisotopic (exact) mass is 1060 g/mol. The molecule has 0 bridgehead atoms. The van der Waals surface area contributed by atoms with E-state index in [2.05, 4.69) is 118 Å². The van der Waals surface area contributed by atoms with Crippen LogP contribution < -0.4 is 0 Å². The highest BCUT2D eigenvalue weighted by molar-refractivity contribution is 5.71. The predicted molar refractivity (Wildman–Crippen MR) is 330 cm³/mol. The van der Waals surface area contributed by atoms with Crippen LogP contribution in [0.4, 0.5) is 0 Å². The Kier molecular flexibility index (Phi) is 60.8. The van der Waals surface area contributed by atoms with Gasteiger partial charge in [0.1, 0.15) is 13.2 Å². The largest absolute Gasteiger partial charge is 0.462 e. The second-order valence-corrected chi connectivity index (χ2v) is 21.3. The molecule has 0 saturated carbocycles. The van der Waals surface area contributed by atoms with Crippen LogP contribution in [0.1, 0.15) is 310 Å². The van der Waals surface area contributed by atoms with Gasteiger partial charge in [0, 0.05) is 19.3 Å². The third-order valence-corrected chi connectivity index (χ3v) is 13.8. The van der Waals surface area contributed by atoms with Crippen LogP contribution in [-0.2, 0) is 28.6 Å². The van der Waals surface area contributed by atoms with Crippen molar-refractivity contribution in [2.75, 3.05) is 13.2 Å². The maximum Gasteiger partial charge on any atom is 0.306 e. The number of hydrogen-bond acceptors (Lipinski definition) is 6. The lowest BCUT2D eigenvalue weighted by Gasteiger charge is -2.18. The van der Waals surface area contributed by atoms with Gasteiger partial charge in [-0.25, -0.2) is 0 Å². The zero-order valence-electron chi connectivity index (χ0n) is 50.0. The normalized spacial score (nSPS) is 12.7. The summed E-state index contributed by atoms with van der Waals surface area (Å²) in [6.45, 7) is 6.45. The van der Waals surface area contributed by atoms with Crippen LogP contribution in [0.2, 0.25) is 0 Å². The van der Waals surface area contributed by atoms with Gasteiger partial charge < -0.3 is 14.2 Å². The quantitative estimate of drug-likeness (QED) is 0.0261. The van der Waals surface area contributed by atoms with E-state index in [-0.39, 0.29) is 31.1 Å². The Morgan fingerprint density at radius 2 is 0.539 bits per heavy atom. The van der Waals surface area contributed by atoms with Crippen molar-refractivity contribution in [3.8, 4) is 0 Å². The Balaban J connectivity index is 4.06. The van der Waals surface area contributed by atoms with Gasteiger partial charge in [-0.15, -0.1) is 0 Å². The number of esters is 3. The average Bonchev–Trinajstić information content (AvgIpc) is 3.42. The first-order valence-electron chi connectivity index (χ1n) is 32.2. The van der Waals surface area contributed by atoms with E-state index in [0.29, 0.717) is 19.3 Å². The molecule has 76 heavy (non-hydrogen) atoms. The van der Waals surface area contributed by atoms with Crippen molar-refractivity contribution in [2.24, 2.45) is 0 Å². The van der Waals surface area contributed by atoms with Crippen molar-refractivity contribution >= 4 is 17.9 Å². The summed E-state index contributed by atoms with van der Waals surface area (Å²) < 4.78 is 16.8. The first-order chi connectivity index (χ1) is 37.5. The fourth-order valence-electron chi connectivity index (χ4n) is 9.02. The number of carbonyl (C=O) groups is 3. The number of ether oxygens (including phenoxy) is 3. The number of unbranched alkanes of at least 4 members (excludes halogenated alkanes) is 31. The molecule has 0 aromatic rings. The molecule has 6 heteroatoms. The van der Waals surface area contributed by atoms with Gasteiger partial charge in [0.2, 0.25) is 0 Å². The van der Waals surface area contributed by atoms with Crippen LogP contribution in [0, 0.1) is 0 Å². The molecule has 0 fully saturated rings. The van der Waals surface area contributed by atoms with Gasteiger partial charge in [0.25, 0.3) is 0 Å². The van der Waals surface area contributed by atoms with E-state index in [1.807, 2.05) is 0 Å². The van der Waals surface area contributed by atoms with Crippen LogP contribution in [-0.4, -0.2) is 37.2 Å². The maximum atomic E-state index is 12.8. The van der Waals surface area contributed by atoms with E-state index in [4.69, 9.17) is 14.2 Å². The molecule has 0 aliphatic rings. The summed E-state index contributed by atoms with van der Waals surface area (Å²) in [5.74, 6) is -0.885. The zero-order valence-corrected chi connectivity index (χ0v) is 50.0. The molecule has 0 aliphatic heterocycles. The summed E-state index contributed by atoms with van der Waals surface area (Å²) >= 11 is 0. The fourth-order valence-corrected chi connectivity index (χ4v) is 9.02. The van der Waals surface area contributed by atoms with E-state index in [1.165, 1.54) is 141 Å². The van der Waals surface area contributed by atoms with E-state index < -0.39 is 6.10 Å². The number of hydrogen-bond donors (Lipinski definition) is 0. The van der Waals surface area contributed by atoms with Gasteiger partial charge >= 0.3 is 17.9 Å². The molecule has 0 radical (unpaired) electrons. The van der Waals surface area contributed by atoms with Crippen molar-refractivity contribution < 1.29 is 28.6 Å². The molecule has 0 amide bonds. The lowest BCUT2D eigenvalue weighted by atomic mass is 10.0. The third-order valence-electron chi connectivity index (χ3n) is 13.8. The fraction of sp³-hybridized carbons (Fsp3) is 0.729. The topological polar surface area (TPSA) is 78.9 Å². The number of carbonyl (C=O) groups excluding carboxylic acids is 3. The molecule has 436 valence electrons. The minimum atomic E-state index is -0.780. The molecular weight excluding hydrogens is 937 g/mol. The number of rotatable bonds is 58. The highest BCUT2D eigenvalue weighted by Crippen LogP contribution is 2.17. The molecule has 0 N–H and O–H groups in total. The summed E-state index contributed by atoms with van der Waals surface area (Å²) in [5, 5.41) is 0. The first-order valence-corrected chi connectivity index (χ1v) is 32.2. The van der Waals surface area contributed by atoms with Gasteiger partial charge in [-0.2, -0.15) is 0 Å². The molecule has 0 saturated heterocycles. The van der Waals surface area contributed by atoms with Crippen molar-refractivity contribution in [1.82, 2.24) is 0 Å². The molecular formula is C70H120O6. The molecule has 0 aromatic carbocycles. The summed E-state index contributed by atoms with van der Waals surface area (Å²) in [7, 11) is 0. The van der Waals surface area contributed by atoms with Gasteiger partial charge in [-0.3, -0.25) is 14.4 Å². The maximum absolute atomic E-state index is 12.8. The van der Waals surface area contributed by atoms with E-state index in [0.717, 1.165) is 128 Å². The van der Waals surface area contributed by atoms with Crippen LogP contribution in [0.5, 0.6) is 0 Å². The van der Waals surface area contributed by atoms with Crippen molar-refractivity contribution in [1.29, 1.82) is 0 Å². The van der Waals surface area contributed by atoms with Crippen molar-refractivity contribution in [2.45, 2.75) is 316 Å². The molecule has 6 nitrogen and oxygen atoms in total. The molecule has 1 atom stereocenters. The van der Waals surface area contributed by atoms with E-state index in [9.17, 15) is 14.4 Å². The first kappa shape index (κ1) is 72.3. The SMILES string of the molecule is CC/C=C\C/C=C\C/C=C\C/C=C\C/C=C\C/C=C\CCCCCCCCCCCCCCCCCCC(=O)OCC(COC(=O)CCCCCCCCCCCC)OC(=O)CCCCCCC/C=C\C/C=C\CCC. The minimum absolute atomic E-state index is 0.0785. The molecule has 1 unspecified atom stereocenters. The molecule has 0 aliphatic carbocycles. The van der Waals surface area contributed by atoms with Gasteiger partial charge in [-0.1, -0.05) is 291 Å². The van der Waals surface area contributed by atoms with Gasteiger partial charge in [0.15, 0.2) is 6.10 Å². The Morgan fingerprint density at radius 1 is 0.276 bits per heavy atom. The summed E-state index contributed by atoms with van der Waals surface area (Å²) in [6, 6.07) is 0. The minimum Gasteiger partial charge on any atom is -0.462 e.